The smallest absolute Gasteiger partial charge is 0.235 e. The predicted octanol–water partition coefficient (Wildman–Crippen LogP) is 2.55. The zero-order valence-corrected chi connectivity index (χ0v) is 11.3. The molecule has 1 atom stereocenters. The highest BCUT2D eigenvalue weighted by Crippen LogP contribution is 2.36. The van der Waals surface area contributed by atoms with Crippen molar-refractivity contribution in [3.8, 4) is 6.07 Å². The molecule has 18 heavy (non-hydrogen) atoms. The molecular formula is C12H12ClN2O2S. The van der Waals surface area contributed by atoms with Gasteiger partial charge in [-0.1, -0.05) is 11.6 Å². The lowest BCUT2D eigenvalue weighted by Gasteiger charge is -2.14. The number of anilines is 1. The van der Waals surface area contributed by atoms with E-state index in [4.69, 9.17) is 16.9 Å². The van der Waals surface area contributed by atoms with Gasteiger partial charge in [0.2, 0.25) is 10.0 Å². The third kappa shape index (κ3) is 2.77. The Balaban J connectivity index is 2.26. The summed E-state index contributed by atoms with van der Waals surface area (Å²) >= 11 is 5.71. The van der Waals surface area contributed by atoms with Gasteiger partial charge in [-0.25, -0.2) is 8.42 Å². The van der Waals surface area contributed by atoms with E-state index in [2.05, 4.69) is 10.8 Å². The topological polar surface area (TPSA) is 70.0 Å². The Bertz CT molecular complexity index is 603. The van der Waals surface area contributed by atoms with Crippen molar-refractivity contribution in [2.24, 2.45) is 5.92 Å². The van der Waals surface area contributed by atoms with E-state index in [1.54, 1.807) is 6.92 Å². The van der Waals surface area contributed by atoms with Crippen molar-refractivity contribution in [3.05, 3.63) is 28.8 Å². The van der Waals surface area contributed by atoms with Crippen LogP contribution in [0.15, 0.2) is 12.1 Å². The van der Waals surface area contributed by atoms with E-state index >= 15 is 0 Å². The van der Waals surface area contributed by atoms with Gasteiger partial charge in [-0.3, -0.25) is 4.72 Å². The van der Waals surface area contributed by atoms with Crippen LogP contribution in [-0.4, -0.2) is 13.7 Å². The van der Waals surface area contributed by atoms with Gasteiger partial charge in [-0.2, -0.15) is 5.26 Å². The molecule has 0 amide bonds. The second-order valence-corrected chi connectivity index (χ2v) is 6.85. The molecule has 0 spiro atoms. The molecule has 2 rings (SSSR count). The van der Waals surface area contributed by atoms with E-state index in [1.807, 2.05) is 6.07 Å². The van der Waals surface area contributed by atoms with Gasteiger partial charge >= 0.3 is 0 Å². The van der Waals surface area contributed by atoms with Crippen molar-refractivity contribution in [2.45, 2.75) is 25.0 Å². The SMILES string of the molecule is CC(C1CC1)S(=O)(=O)Nc1c[c]c(Cl)cc1C#N. The number of sulfonamides is 1. The van der Waals surface area contributed by atoms with Crippen LogP contribution in [0.2, 0.25) is 5.02 Å². The molecule has 95 valence electrons. The molecule has 1 N–H and O–H groups in total. The zero-order chi connectivity index (χ0) is 13.3. The molecule has 4 nitrogen and oxygen atoms in total. The zero-order valence-electron chi connectivity index (χ0n) is 9.77. The quantitative estimate of drug-likeness (QED) is 0.923. The summed E-state index contributed by atoms with van der Waals surface area (Å²) in [5.41, 5.74) is 0.430. The molecule has 1 aliphatic carbocycles. The first kappa shape index (κ1) is 13.2. The van der Waals surface area contributed by atoms with Crippen molar-refractivity contribution in [3.63, 3.8) is 0 Å². The lowest BCUT2D eigenvalue weighted by molar-refractivity contribution is 0.580. The summed E-state index contributed by atoms with van der Waals surface area (Å²) < 4.78 is 26.6. The first-order valence-electron chi connectivity index (χ1n) is 5.57. The maximum absolute atomic E-state index is 12.1. The second-order valence-electron chi connectivity index (χ2n) is 4.41. The molecule has 1 unspecified atom stereocenters. The molecule has 6 heteroatoms. The number of nitrogens with one attached hydrogen (secondary N) is 1. The molecule has 1 radical (unpaired) electrons. The van der Waals surface area contributed by atoms with Crippen LogP contribution in [-0.2, 0) is 10.0 Å². The van der Waals surface area contributed by atoms with Crippen LogP contribution < -0.4 is 4.72 Å². The summed E-state index contributed by atoms with van der Waals surface area (Å²) in [7, 11) is -3.46. The normalized spacial score (nSPS) is 16.9. The number of benzene rings is 1. The summed E-state index contributed by atoms with van der Waals surface area (Å²) in [5, 5.41) is 8.78. The van der Waals surface area contributed by atoms with Gasteiger partial charge in [0, 0.05) is 11.1 Å². The minimum atomic E-state index is -3.46. The molecular weight excluding hydrogens is 272 g/mol. The molecule has 1 aromatic carbocycles. The highest BCUT2D eigenvalue weighted by atomic mass is 35.5. The molecule has 0 aliphatic heterocycles. The van der Waals surface area contributed by atoms with Gasteiger partial charge < -0.3 is 0 Å². The predicted molar refractivity (Wildman–Crippen MR) is 69.7 cm³/mol. The number of rotatable bonds is 4. The fourth-order valence-corrected chi connectivity index (χ4v) is 3.31. The Morgan fingerprint density at radius 3 is 2.83 bits per heavy atom. The summed E-state index contributed by atoms with van der Waals surface area (Å²) in [6, 6.07) is 7.36. The Labute approximate surface area is 112 Å². The van der Waals surface area contributed by atoms with Gasteiger partial charge in [-0.15, -0.1) is 0 Å². The van der Waals surface area contributed by atoms with Crippen molar-refractivity contribution >= 4 is 27.3 Å². The highest BCUT2D eigenvalue weighted by Gasteiger charge is 2.36. The molecule has 0 heterocycles. The Hall–Kier alpha value is -1.25. The van der Waals surface area contributed by atoms with Crippen LogP contribution in [0.1, 0.15) is 25.3 Å². The summed E-state index contributed by atoms with van der Waals surface area (Å²) in [5.74, 6) is 0.226. The third-order valence-corrected chi connectivity index (χ3v) is 5.15. The molecule has 1 aromatic rings. The van der Waals surface area contributed by atoms with E-state index in [9.17, 15) is 8.42 Å². The van der Waals surface area contributed by atoms with Crippen LogP contribution in [0.4, 0.5) is 5.69 Å². The molecule has 1 aliphatic rings. The van der Waals surface area contributed by atoms with E-state index in [-0.39, 0.29) is 22.2 Å². The number of nitriles is 1. The van der Waals surface area contributed by atoms with Gasteiger partial charge in [0.1, 0.15) is 6.07 Å². The number of nitrogens with zero attached hydrogens (tertiary/aromatic N) is 1. The van der Waals surface area contributed by atoms with Crippen molar-refractivity contribution in [2.75, 3.05) is 4.72 Å². The molecule has 1 fully saturated rings. The highest BCUT2D eigenvalue weighted by molar-refractivity contribution is 7.93. The summed E-state index contributed by atoms with van der Waals surface area (Å²) in [4.78, 5) is 0. The molecule has 0 aromatic heterocycles. The van der Waals surface area contributed by atoms with Crippen LogP contribution >= 0.6 is 11.6 Å². The minimum Gasteiger partial charge on any atom is -0.282 e. The summed E-state index contributed by atoms with van der Waals surface area (Å²) in [6.07, 6.45) is 1.89. The van der Waals surface area contributed by atoms with E-state index in [1.165, 1.54) is 12.1 Å². The lowest BCUT2D eigenvalue weighted by Crippen LogP contribution is -2.27. The number of hydrogen-bond donors (Lipinski definition) is 1. The van der Waals surface area contributed by atoms with E-state index < -0.39 is 15.3 Å². The summed E-state index contributed by atoms with van der Waals surface area (Å²) in [6.45, 7) is 1.69. The lowest BCUT2D eigenvalue weighted by atomic mass is 10.2. The van der Waals surface area contributed by atoms with Crippen LogP contribution in [0.5, 0.6) is 0 Å². The molecule has 0 bridgehead atoms. The maximum atomic E-state index is 12.1. The average Bonchev–Trinajstić information content (AvgIpc) is 3.14. The first-order chi connectivity index (χ1) is 8.44. The average molecular weight is 284 g/mol. The Kier molecular flexibility index (Phi) is 3.51. The maximum Gasteiger partial charge on any atom is 0.235 e. The Morgan fingerprint density at radius 1 is 1.61 bits per heavy atom. The number of halogens is 1. The largest absolute Gasteiger partial charge is 0.282 e. The molecule has 0 saturated heterocycles. The third-order valence-electron chi connectivity index (χ3n) is 3.06. The van der Waals surface area contributed by atoms with E-state index in [0.29, 0.717) is 0 Å². The first-order valence-corrected chi connectivity index (χ1v) is 7.49. The van der Waals surface area contributed by atoms with Gasteiger partial charge in [0.15, 0.2) is 0 Å². The van der Waals surface area contributed by atoms with Crippen molar-refractivity contribution < 1.29 is 8.42 Å². The fraction of sp³-hybridized carbons (Fsp3) is 0.417. The van der Waals surface area contributed by atoms with Crippen molar-refractivity contribution in [1.82, 2.24) is 0 Å². The van der Waals surface area contributed by atoms with Gasteiger partial charge in [-0.05, 0) is 37.8 Å². The van der Waals surface area contributed by atoms with Gasteiger partial charge in [0.05, 0.1) is 16.5 Å². The molecule has 1 saturated carbocycles. The second kappa shape index (κ2) is 4.79. The minimum absolute atomic E-state index is 0.199. The Morgan fingerprint density at radius 2 is 2.28 bits per heavy atom. The monoisotopic (exact) mass is 283 g/mol. The standard InChI is InChI=1S/C12H12ClN2O2S/c1-8(9-2-3-9)18(16,17)15-12-5-4-11(13)6-10(12)7-14/h5-6,8-9,15H,2-3H2,1H3. The van der Waals surface area contributed by atoms with Crippen LogP contribution in [0, 0.1) is 23.3 Å². The van der Waals surface area contributed by atoms with Crippen LogP contribution in [0.3, 0.4) is 0 Å². The van der Waals surface area contributed by atoms with Crippen LogP contribution in [0.25, 0.3) is 0 Å². The van der Waals surface area contributed by atoms with E-state index in [0.717, 1.165) is 12.8 Å². The number of hydrogen-bond acceptors (Lipinski definition) is 3. The van der Waals surface area contributed by atoms with Gasteiger partial charge in [0.25, 0.3) is 0 Å². The fourth-order valence-electron chi connectivity index (χ4n) is 1.71. The van der Waals surface area contributed by atoms with Crippen molar-refractivity contribution in [1.29, 1.82) is 5.26 Å².